The van der Waals surface area contributed by atoms with Gasteiger partial charge < -0.3 is 20.2 Å². The summed E-state index contributed by atoms with van der Waals surface area (Å²) in [7, 11) is 0. The lowest BCUT2D eigenvalue weighted by Gasteiger charge is -2.14. The number of rotatable bonds is 6. The predicted octanol–water partition coefficient (Wildman–Crippen LogP) is 4.63. The van der Waals surface area contributed by atoms with Gasteiger partial charge in [0.15, 0.2) is 0 Å². The molecule has 0 saturated heterocycles. The number of hydrogen-bond donors (Lipinski definition) is 3. The highest BCUT2D eigenvalue weighted by Crippen LogP contribution is 2.22. The number of aliphatic hydroxyl groups excluding tert-OH is 1. The number of nitrogens with one attached hydrogen (secondary N) is 2. The summed E-state index contributed by atoms with van der Waals surface area (Å²) in [6.45, 7) is 0.544. The molecule has 146 valence electrons. The van der Waals surface area contributed by atoms with Crippen LogP contribution in [0.4, 0.5) is 4.79 Å². The van der Waals surface area contributed by atoms with Crippen LogP contribution in [-0.4, -0.2) is 17.7 Å². The third-order valence-corrected chi connectivity index (χ3v) is 4.88. The number of carbonyl (C=O) groups is 1. The molecule has 0 unspecified atom stereocenters. The number of benzene rings is 3. The largest absolute Gasteiger partial charge is 0.464 e. The molecule has 0 aliphatic carbocycles. The third-order valence-electron chi connectivity index (χ3n) is 4.88. The molecule has 0 aliphatic heterocycles. The second-order valence-corrected chi connectivity index (χ2v) is 6.82. The molecule has 0 spiro atoms. The molecule has 0 bridgehead atoms. The molecule has 0 radical (unpaired) electrons. The molecular formula is C24H22N2O3. The van der Waals surface area contributed by atoms with Crippen LogP contribution in [0, 0.1) is 0 Å². The fourth-order valence-electron chi connectivity index (χ4n) is 3.30. The Morgan fingerprint density at radius 3 is 2.48 bits per heavy atom. The van der Waals surface area contributed by atoms with E-state index in [0.29, 0.717) is 6.54 Å². The van der Waals surface area contributed by atoms with E-state index in [1.807, 2.05) is 78.9 Å². The first-order chi connectivity index (χ1) is 14.2. The predicted molar refractivity (Wildman–Crippen MR) is 113 cm³/mol. The van der Waals surface area contributed by atoms with Crippen molar-refractivity contribution in [1.82, 2.24) is 10.6 Å². The third kappa shape index (κ3) is 4.47. The molecule has 0 fully saturated rings. The highest BCUT2D eigenvalue weighted by atomic mass is 16.3. The minimum atomic E-state index is -0.788. The molecule has 1 heterocycles. The normalized spacial score (nSPS) is 11.9. The molecule has 1 atom stereocenters. The molecule has 5 nitrogen and oxygen atoms in total. The Labute approximate surface area is 169 Å². The smallest absolute Gasteiger partial charge is 0.315 e. The Bertz CT molecular complexity index is 1080. The van der Waals surface area contributed by atoms with Crippen molar-refractivity contribution in [3.63, 3.8) is 0 Å². The molecule has 3 aromatic carbocycles. The highest BCUT2D eigenvalue weighted by Gasteiger charge is 2.11. The Morgan fingerprint density at radius 2 is 1.69 bits per heavy atom. The maximum absolute atomic E-state index is 12.2. The van der Waals surface area contributed by atoms with Crippen LogP contribution in [0.5, 0.6) is 0 Å². The van der Waals surface area contributed by atoms with E-state index in [9.17, 15) is 9.90 Å². The van der Waals surface area contributed by atoms with Crippen molar-refractivity contribution >= 4 is 16.8 Å². The molecule has 5 heteroatoms. The fraction of sp³-hybridized carbons (Fsp3) is 0.125. The zero-order chi connectivity index (χ0) is 20.1. The minimum Gasteiger partial charge on any atom is -0.464 e. The zero-order valence-electron chi connectivity index (χ0n) is 15.8. The quantitative estimate of drug-likeness (QED) is 0.452. The van der Waals surface area contributed by atoms with Crippen LogP contribution in [0.2, 0.25) is 0 Å². The summed E-state index contributed by atoms with van der Waals surface area (Å²) in [4.78, 5) is 12.2. The van der Waals surface area contributed by atoms with Gasteiger partial charge in [0.25, 0.3) is 0 Å². The van der Waals surface area contributed by atoms with Crippen molar-refractivity contribution < 1.29 is 14.3 Å². The molecule has 4 rings (SSSR count). The van der Waals surface area contributed by atoms with E-state index in [1.165, 1.54) is 0 Å². The average molecular weight is 386 g/mol. The maximum Gasteiger partial charge on any atom is 0.315 e. The van der Waals surface area contributed by atoms with Crippen molar-refractivity contribution in [2.24, 2.45) is 0 Å². The zero-order valence-corrected chi connectivity index (χ0v) is 15.8. The van der Waals surface area contributed by atoms with Crippen LogP contribution in [0.3, 0.4) is 0 Å². The van der Waals surface area contributed by atoms with Crippen LogP contribution in [-0.2, 0) is 6.54 Å². The van der Waals surface area contributed by atoms with Crippen molar-refractivity contribution in [3.05, 3.63) is 96.3 Å². The summed E-state index contributed by atoms with van der Waals surface area (Å²) in [5.41, 5.74) is 2.72. The Hall–Kier alpha value is -3.57. The fourth-order valence-corrected chi connectivity index (χ4v) is 3.30. The first kappa shape index (κ1) is 18.8. The lowest BCUT2D eigenvalue weighted by Crippen LogP contribution is -2.37. The van der Waals surface area contributed by atoms with E-state index in [2.05, 4.69) is 10.6 Å². The monoisotopic (exact) mass is 386 g/mol. The summed E-state index contributed by atoms with van der Waals surface area (Å²) in [5, 5.41) is 18.2. The van der Waals surface area contributed by atoms with Crippen LogP contribution in [0.15, 0.2) is 89.5 Å². The Morgan fingerprint density at radius 1 is 0.897 bits per heavy atom. The van der Waals surface area contributed by atoms with E-state index in [4.69, 9.17) is 4.42 Å². The molecule has 1 aromatic heterocycles. The van der Waals surface area contributed by atoms with Crippen molar-refractivity contribution in [2.75, 3.05) is 6.54 Å². The van der Waals surface area contributed by atoms with Crippen LogP contribution >= 0.6 is 0 Å². The summed E-state index contributed by atoms with van der Waals surface area (Å²) in [5.74, 6) is 0.775. The van der Waals surface area contributed by atoms with Crippen molar-refractivity contribution in [1.29, 1.82) is 0 Å². The van der Waals surface area contributed by atoms with E-state index in [1.54, 1.807) is 6.26 Å². The lowest BCUT2D eigenvalue weighted by atomic mass is 10.0. The lowest BCUT2D eigenvalue weighted by molar-refractivity contribution is 0.173. The van der Waals surface area contributed by atoms with Gasteiger partial charge in [-0.05, 0) is 34.0 Å². The van der Waals surface area contributed by atoms with Gasteiger partial charge in [0, 0.05) is 18.7 Å². The van der Waals surface area contributed by atoms with Crippen molar-refractivity contribution in [3.8, 4) is 11.3 Å². The second kappa shape index (κ2) is 8.63. The first-order valence-electron chi connectivity index (χ1n) is 9.51. The number of carbonyl (C=O) groups excluding carboxylic acids is 1. The van der Waals surface area contributed by atoms with Crippen LogP contribution in [0.1, 0.15) is 17.2 Å². The number of amides is 2. The number of fused-ring (bicyclic) bond motifs is 1. The van der Waals surface area contributed by atoms with Gasteiger partial charge in [-0.1, -0.05) is 66.7 Å². The van der Waals surface area contributed by atoms with Gasteiger partial charge in [-0.15, -0.1) is 0 Å². The average Bonchev–Trinajstić information content (AvgIpc) is 3.31. The number of hydrogen-bond acceptors (Lipinski definition) is 3. The van der Waals surface area contributed by atoms with Gasteiger partial charge in [-0.2, -0.15) is 0 Å². The SMILES string of the molecule is O=C(NCc1cccc2ccccc12)NC[C@H](O)c1ccc(-c2ccco2)cc1. The van der Waals surface area contributed by atoms with E-state index in [0.717, 1.165) is 33.2 Å². The minimum absolute atomic E-state index is 0.126. The molecule has 0 aliphatic rings. The van der Waals surface area contributed by atoms with Crippen LogP contribution in [0.25, 0.3) is 22.1 Å². The topological polar surface area (TPSA) is 74.5 Å². The molecule has 3 N–H and O–H groups in total. The Balaban J connectivity index is 1.30. The number of urea groups is 1. The number of aliphatic hydroxyl groups is 1. The van der Waals surface area contributed by atoms with Gasteiger partial charge in [-0.3, -0.25) is 0 Å². The van der Waals surface area contributed by atoms with Gasteiger partial charge in [0.2, 0.25) is 0 Å². The van der Waals surface area contributed by atoms with E-state index in [-0.39, 0.29) is 12.6 Å². The van der Waals surface area contributed by atoms with E-state index >= 15 is 0 Å². The summed E-state index contributed by atoms with van der Waals surface area (Å²) in [6, 6.07) is 24.9. The van der Waals surface area contributed by atoms with Gasteiger partial charge in [-0.25, -0.2) is 4.79 Å². The van der Waals surface area contributed by atoms with Gasteiger partial charge in [0.1, 0.15) is 5.76 Å². The maximum atomic E-state index is 12.2. The molecule has 0 saturated carbocycles. The second-order valence-electron chi connectivity index (χ2n) is 6.82. The molecule has 2 amide bonds. The van der Waals surface area contributed by atoms with Gasteiger partial charge >= 0.3 is 6.03 Å². The molecule has 4 aromatic rings. The summed E-state index contributed by atoms with van der Waals surface area (Å²) in [6.07, 6.45) is 0.836. The standard InChI is InChI=1S/C24H22N2O3/c27-22(18-10-12-19(13-11-18)23-9-4-14-29-23)16-26-24(28)25-15-20-7-3-6-17-5-1-2-8-21(17)20/h1-14,22,27H,15-16H2,(H2,25,26,28)/t22-/m0/s1. The van der Waals surface area contributed by atoms with Crippen molar-refractivity contribution in [2.45, 2.75) is 12.6 Å². The van der Waals surface area contributed by atoms with Crippen LogP contribution < -0.4 is 10.6 Å². The number of furan rings is 1. The Kier molecular flexibility index (Phi) is 5.59. The van der Waals surface area contributed by atoms with E-state index < -0.39 is 6.10 Å². The molecular weight excluding hydrogens is 364 g/mol. The summed E-state index contributed by atoms with van der Waals surface area (Å²) < 4.78 is 5.36. The molecule has 29 heavy (non-hydrogen) atoms. The van der Waals surface area contributed by atoms with Gasteiger partial charge in [0.05, 0.1) is 12.4 Å². The first-order valence-corrected chi connectivity index (χ1v) is 9.51. The highest BCUT2D eigenvalue weighted by molar-refractivity contribution is 5.86. The summed E-state index contributed by atoms with van der Waals surface area (Å²) >= 11 is 0.